The second-order valence-electron chi connectivity index (χ2n) is 6.29. The number of carbonyl (C=O) groups excluding carboxylic acids is 1. The minimum atomic E-state index is -3.52. The number of rotatable bonds is 7. The van der Waals surface area contributed by atoms with Gasteiger partial charge in [0.2, 0.25) is 5.91 Å². The lowest BCUT2D eigenvalue weighted by molar-refractivity contribution is -0.114. The van der Waals surface area contributed by atoms with Gasteiger partial charge in [0.05, 0.1) is 19.3 Å². The van der Waals surface area contributed by atoms with Gasteiger partial charge in [-0.15, -0.1) is 0 Å². The van der Waals surface area contributed by atoms with E-state index in [1.165, 1.54) is 12.7 Å². The minimum Gasteiger partial charge on any atom is -0.495 e. The van der Waals surface area contributed by atoms with E-state index in [0.29, 0.717) is 17.3 Å². The van der Waals surface area contributed by atoms with Crippen molar-refractivity contribution in [3.63, 3.8) is 0 Å². The van der Waals surface area contributed by atoms with Gasteiger partial charge in [-0.2, -0.15) is 0 Å². The quantitative estimate of drug-likeness (QED) is 0.775. The summed E-state index contributed by atoms with van der Waals surface area (Å²) >= 11 is 0. The van der Waals surface area contributed by atoms with Gasteiger partial charge >= 0.3 is 0 Å². The van der Waals surface area contributed by atoms with Crippen LogP contribution in [0.25, 0.3) is 0 Å². The summed E-state index contributed by atoms with van der Waals surface area (Å²) in [5, 5.41) is 5.66. The highest BCUT2D eigenvalue weighted by atomic mass is 32.2. The molecule has 0 fully saturated rings. The Morgan fingerprint density at radius 2 is 1.77 bits per heavy atom. The summed E-state index contributed by atoms with van der Waals surface area (Å²) < 4.78 is 29.2. The van der Waals surface area contributed by atoms with Gasteiger partial charge in [0.1, 0.15) is 10.6 Å². The van der Waals surface area contributed by atoms with Crippen molar-refractivity contribution in [1.82, 2.24) is 0 Å². The number of hydrogen-bond donors (Lipinski definition) is 2. The summed E-state index contributed by atoms with van der Waals surface area (Å²) in [6, 6.07) is 12.5. The van der Waals surface area contributed by atoms with Crippen molar-refractivity contribution in [3.05, 3.63) is 48.0 Å². The van der Waals surface area contributed by atoms with Gasteiger partial charge in [-0.05, 0) is 35.7 Å². The van der Waals surface area contributed by atoms with Gasteiger partial charge in [0.25, 0.3) is 0 Å². The summed E-state index contributed by atoms with van der Waals surface area (Å²) in [6.45, 7) is 4.14. The molecule has 7 heteroatoms. The average molecular weight is 376 g/mol. The van der Waals surface area contributed by atoms with Crippen LogP contribution in [0.1, 0.15) is 25.3 Å². The molecule has 2 aromatic rings. The number of sulfone groups is 1. The monoisotopic (exact) mass is 376 g/mol. The maximum absolute atomic E-state index is 12.2. The number of methoxy groups -OCH3 is 1. The van der Waals surface area contributed by atoms with E-state index in [1.54, 1.807) is 18.2 Å². The molecule has 0 spiro atoms. The number of nitrogens with one attached hydrogen (secondary N) is 2. The van der Waals surface area contributed by atoms with Crippen molar-refractivity contribution >= 4 is 27.1 Å². The molecule has 0 aliphatic rings. The van der Waals surface area contributed by atoms with Gasteiger partial charge in [-0.25, -0.2) is 8.42 Å². The zero-order valence-electron chi connectivity index (χ0n) is 15.4. The van der Waals surface area contributed by atoms with Crippen molar-refractivity contribution in [2.75, 3.05) is 30.5 Å². The second-order valence-corrected chi connectivity index (χ2v) is 8.24. The molecule has 1 amide bonds. The fourth-order valence-electron chi connectivity index (χ4n) is 2.53. The Balaban J connectivity index is 2.08. The Kier molecular flexibility index (Phi) is 6.26. The molecular formula is C19H24N2O4S. The molecule has 6 nitrogen and oxygen atoms in total. The Hall–Kier alpha value is -2.54. The highest BCUT2D eigenvalue weighted by Gasteiger charge is 2.19. The number of benzene rings is 2. The smallest absolute Gasteiger partial charge is 0.243 e. The molecule has 0 saturated carbocycles. The number of anilines is 2. The third-order valence-electron chi connectivity index (χ3n) is 3.87. The van der Waals surface area contributed by atoms with Crippen LogP contribution in [0.4, 0.5) is 11.4 Å². The largest absolute Gasteiger partial charge is 0.495 e. The molecule has 0 aliphatic heterocycles. The molecule has 26 heavy (non-hydrogen) atoms. The molecule has 2 N–H and O–H groups in total. The fraction of sp³-hybridized carbons (Fsp3) is 0.316. The second kappa shape index (κ2) is 8.23. The van der Waals surface area contributed by atoms with Crippen molar-refractivity contribution in [1.29, 1.82) is 0 Å². The van der Waals surface area contributed by atoms with Gasteiger partial charge in [-0.3, -0.25) is 4.79 Å². The van der Waals surface area contributed by atoms with Crippen LogP contribution in [0.3, 0.4) is 0 Å². The lowest BCUT2D eigenvalue weighted by atomic mass is 10.0. The fourth-order valence-corrected chi connectivity index (χ4v) is 3.59. The highest BCUT2D eigenvalue weighted by molar-refractivity contribution is 7.91. The predicted octanol–water partition coefficient (Wildman–Crippen LogP) is 3.27. The van der Waals surface area contributed by atoms with Crippen LogP contribution < -0.4 is 15.4 Å². The molecule has 0 bridgehead atoms. The molecule has 140 valence electrons. The molecule has 2 rings (SSSR count). The van der Waals surface area contributed by atoms with E-state index in [1.807, 2.05) is 24.3 Å². The number of ether oxygens (including phenoxy) is 1. The van der Waals surface area contributed by atoms with Crippen molar-refractivity contribution in [2.24, 2.45) is 0 Å². The number of amides is 1. The molecule has 0 heterocycles. The zero-order valence-corrected chi connectivity index (χ0v) is 16.2. The normalized spacial score (nSPS) is 11.3. The first kappa shape index (κ1) is 19.8. The van der Waals surface area contributed by atoms with Gasteiger partial charge in [0, 0.05) is 11.9 Å². The van der Waals surface area contributed by atoms with Gasteiger partial charge in [-0.1, -0.05) is 32.0 Å². The molecular weight excluding hydrogens is 352 g/mol. The highest BCUT2D eigenvalue weighted by Crippen LogP contribution is 2.31. The molecule has 0 aromatic heterocycles. The zero-order chi connectivity index (χ0) is 19.3. The summed E-state index contributed by atoms with van der Waals surface area (Å²) in [7, 11) is -2.11. The predicted molar refractivity (Wildman–Crippen MR) is 104 cm³/mol. The van der Waals surface area contributed by atoms with Crippen LogP contribution in [0.15, 0.2) is 47.4 Å². The van der Waals surface area contributed by atoms with E-state index >= 15 is 0 Å². The van der Waals surface area contributed by atoms with E-state index in [0.717, 1.165) is 6.26 Å². The molecule has 0 radical (unpaired) electrons. The van der Waals surface area contributed by atoms with Crippen LogP contribution in [-0.4, -0.2) is 34.2 Å². The first-order valence-corrected chi connectivity index (χ1v) is 10.1. The topological polar surface area (TPSA) is 84.5 Å². The Morgan fingerprint density at radius 1 is 1.12 bits per heavy atom. The lowest BCUT2D eigenvalue weighted by Gasteiger charge is -2.14. The van der Waals surface area contributed by atoms with Crippen molar-refractivity contribution in [2.45, 2.75) is 24.7 Å². The van der Waals surface area contributed by atoms with Gasteiger partial charge in [0.15, 0.2) is 9.84 Å². The summed E-state index contributed by atoms with van der Waals surface area (Å²) in [4.78, 5) is 12.2. The van der Waals surface area contributed by atoms with Crippen LogP contribution in [0, 0.1) is 0 Å². The lowest BCUT2D eigenvalue weighted by Crippen LogP contribution is -2.22. The van der Waals surface area contributed by atoms with E-state index < -0.39 is 9.84 Å². The van der Waals surface area contributed by atoms with E-state index in [-0.39, 0.29) is 23.1 Å². The third-order valence-corrected chi connectivity index (χ3v) is 5.03. The van der Waals surface area contributed by atoms with Crippen LogP contribution >= 0.6 is 0 Å². The number of carbonyl (C=O) groups is 1. The third kappa shape index (κ3) is 4.98. The van der Waals surface area contributed by atoms with Crippen molar-refractivity contribution in [3.8, 4) is 5.75 Å². The van der Waals surface area contributed by atoms with Crippen LogP contribution in [0.5, 0.6) is 5.75 Å². The Bertz CT molecular complexity index is 875. The van der Waals surface area contributed by atoms with Crippen LogP contribution in [0.2, 0.25) is 0 Å². The first-order valence-electron chi connectivity index (χ1n) is 8.23. The van der Waals surface area contributed by atoms with E-state index in [4.69, 9.17) is 4.74 Å². The molecule has 0 atom stereocenters. The first-order chi connectivity index (χ1) is 12.2. The van der Waals surface area contributed by atoms with Gasteiger partial charge < -0.3 is 15.4 Å². The minimum absolute atomic E-state index is 0.0385. The molecule has 0 aliphatic carbocycles. The standard InChI is InChI=1S/C19H24N2O4S/c1-13(2)14-8-10-15(11-9-14)21-18(22)12-20-16-6-5-7-17(25-3)19(16)26(4,23)24/h5-11,13,20H,12H2,1-4H3,(H,21,22). The SMILES string of the molecule is COc1cccc(NCC(=O)Nc2ccc(C(C)C)cc2)c1S(C)(=O)=O. The molecule has 2 aromatic carbocycles. The summed E-state index contributed by atoms with van der Waals surface area (Å²) in [5.41, 5.74) is 2.21. The number of hydrogen-bond acceptors (Lipinski definition) is 5. The van der Waals surface area contributed by atoms with Crippen molar-refractivity contribution < 1.29 is 17.9 Å². The van der Waals surface area contributed by atoms with E-state index in [2.05, 4.69) is 24.5 Å². The molecule has 0 unspecified atom stereocenters. The van der Waals surface area contributed by atoms with Crippen LogP contribution in [-0.2, 0) is 14.6 Å². The summed E-state index contributed by atoms with van der Waals surface area (Å²) in [6.07, 6.45) is 1.10. The maximum atomic E-state index is 12.2. The molecule has 0 saturated heterocycles. The van der Waals surface area contributed by atoms with E-state index in [9.17, 15) is 13.2 Å². The Morgan fingerprint density at radius 3 is 2.31 bits per heavy atom. The maximum Gasteiger partial charge on any atom is 0.243 e. The summed E-state index contributed by atoms with van der Waals surface area (Å²) in [5.74, 6) is 0.385. The Labute approximate surface area is 154 Å². The average Bonchev–Trinajstić information content (AvgIpc) is 2.59.